The fraction of sp³-hybridized carbons (Fsp3) is 0.517. The average molecular weight is 618 g/mol. The molecule has 2 saturated heterocycles. The van der Waals surface area contributed by atoms with Crippen LogP contribution in [0.15, 0.2) is 36.4 Å². The van der Waals surface area contributed by atoms with Crippen LogP contribution in [0.3, 0.4) is 0 Å². The van der Waals surface area contributed by atoms with Crippen LogP contribution in [0, 0.1) is 12.7 Å². The Hall–Kier alpha value is -3.55. The van der Waals surface area contributed by atoms with Crippen LogP contribution in [0.25, 0.3) is 0 Å². The monoisotopic (exact) mass is 617 g/mol. The van der Waals surface area contributed by atoms with Crippen molar-refractivity contribution in [2.45, 2.75) is 50.7 Å². The summed E-state index contributed by atoms with van der Waals surface area (Å²) in [5.74, 6) is -0.445. The number of hydrogen-bond acceptors (Lipinski definition) is 3. The van der Waals surface area contributed by atoms with Crippen LogP contribution in [0.2, 0.25) is 0 Å². The number of amides is 4. The number of benzene rings is 2. The minimum absolute atomic E-state index is 0.0356. The fourth-order valence-corrected chi connectivity index (χ4v) is 5.93. The zero-order chi connectivity index (χ0) is 31.7. The van der Waals surface area contributed by atoms with Crippen molar-refractivity contribution in [1.29, 1.82) is 0 Å². The second-order valence-electron chi connectivity index (χ2n) is 11.0. The molecule has 2 aromatic carbocycles. The Labute approximate surface area is 245 Å². The lowest BCUT2D eigenvalue weighted by atomic mass is 9.88. The Morgan fingerprint density at radius 2 is 1.53 bits per heavy atom. The molecule has 2 unspecified atom stereocenters. The van der Waals surface area contributed by atoms with E-state index in [4.69, 9.17) is 0 Å². The molecule has 236 valence electrons. The van der Waals surface area contributed by atoms with Crippen LogP contribution in [0.5, 0.6) is 0 Å². The van der Waals surface area contributed by atoms with E-state index in [9.17, 15) is 40.3 Å². The van der Waals surface area contributed by atoms with Gasteiger partial charge < -0.3 is 20.0 Å². The summed E-state index contributed by atoms with van der Waals surface area (Å²) < 4.78 is 94.3. The van der Waals surface area contributed by atoms with Crippen molar-refractivity contribution in [2.75, 3.05) is 46.8 Å². The first kappa shape index (κ1) is 32.4. The third-order valence-corrected chi connectivity index (χ3v) is 8.14. The summed E-state index contributed by atoms with van der Waals surface area (Å²) in [6.45, 7) is 3.80. The quantitative estimate of drug-likeness (QED) is 0.436. The first-order chi connectivity index (χ1) is 20.1. The van der Waals surface area contributed by atoms with Crippen molar-refractivity contribution < 1.29 is 40.3 Å². The van der Waals surface area contributed by atoms with E-state index in [0.29, 0.717) is 62.3 Å². The zero-order valence-corrected chi connectivity index (χ0v) is 24.0. The van der Waals surface area contributed by atoms with Crippen LogP contribution in [-0.2, 0) is 18.9 Å². The third kappa shape index (κ3) is 7.51. The molecule has 4 rings (SSSR count). The van der Waals surface area contributed by atoms with Crippen molar-refractivity contribution in [3.63, 3.8) is 0 Å². The highest BCUT2D eigenvalue weighted by Gasteiger charge is 2.39. The first-order valence-electron chi connectivity index (χ1n) is 13.8. The maximum absolute atomic E-state index is 14.0. The summed E-state index contributed by atoms with van der Waals surface area (Å²) >= 11 is 0. The minimum atomic E-state index is -5.00. The van der Waals surface area contributed by atoms with Gasteiger partial charge in [-0.1, -0.05) is 6.07 Å². The molecular weight excluding hydrogens is 583 g/mol. The van der Waals surface area contributed by atoms with Crippen LogP contribution < -0.4 is 5.32 Å². The van der Waals surface area contributed by atoms with Gasteiger partial charge >= 0.3 is 24.4 Å². The Morgan fingerprint density at radius 3 is 2.07 bits per heavy atom. The van der Waals surface area contributed by atoms with Crippen molar-refractivity contribution in [3.05, 3.63) is 70.0 Å². The number of halogens is 7. The van der Waals surface area contributed by atoms with Gasteiger partial charge in [0.25, 0.3) is 0 Å². The van der Waals surface area contributed by atoms with E-state index >= 15 is 0 Å². The summed E-state index contributed by atoms with van der Waals surface area (Å²) in [6, 6.07) is 4.33. The number of hydrogen-bond donors (Lipinski definition) is 1. The molecule has 2 aliphatic heterocycles. The number of piperazine rings is 1. The molecule has 4 amide bonds. The second-order valence-corrected chi connectivity index (χ2v) is 11.0. The van der Waals surface area contributed by atoms with Gasteiger partial charge in [0.2, 0.25) is 0 Å². The largest absolute Gasteiger partial charge is 0.416 e. The molecule has 0 radical (unpaired) electrons. The maximum Gasteiger partial charge on any atom is 0.416 e. The molecule has 2 atom stereocenters. The van der Waals surface area contributed by atoms with Gasteiger partial charge in [0.15, 0.2) is 0 Å². The summed E-state index contributed by atoms with van der Waals surface area (Å²) in [5, 5.41) is 2.61. The molecule has 2 aliphatic rings. The maximum atomic E-state index is 14.0. The van der Waals surface area contributed by atoms with E-state index in [-0.39, 0.29) is 30.2 Å². The van der Waals surface area contributed by atoms with Gasteiger partial charge in [-0.2, -0.15) is 26.3 Å². The molecule has 2 heterocycles. The Bertz CT molecular complexity index is 1290. The highest BCUT2D eigenvalue weighted by Crippen LogP contribution is 2.38. The number of carbonyl (C=O) groups excluding carboxylic acids is 2. The van der Waals surface area contributed by atoms with E-state index in [0.717, 1.165) is 4.90 Å². The van der Waals surface area contributed by atoms with E-state index in [2.05, 4.69) is 10.2 Å². The molecule has 14 heteroatoms. The number of urea groups is 2. The number of nitrogens with one attached hydrogen (secondary N) is 1. The number of aryl methyl sites for hydroxylation is 1. The van der Waals surface area contributed by atoms with Gasteiger partial charge in [-0.15, -0.1) is 0 Å². The van der Waals surface area contributed by atoms with Crippen LogP contribution in [-0.4, -0.2) is 84.5 Å². The summed E-state index contributed by atoms with van der Waals surface area (Å²) in [5.41, 5.74) is -1.89. The highest BCUT2D eigenvalue weighted by molar-refractivity contribution is 5.75. The summed E-state index contributed by atoms with van der Waals surface area (Å²) in [4.78, 5) is 32.3. The topological polar surface area (TPSA) is 59.1 Å². The van der Waals surface area contributed by atoms with Crippen molar-refractivity contribution in [3.8, 4) is 0 Å². The number of nitrogens with zero attached hydrogens (tertiary/aromatic N) is 4. The van der Waals surface area contributed by atoms with Crippen LogP contribution >= 0.6 is 0 Å². The number of likely N-dealkylation sites (tertiary alicyclic amines) is 1. The lowest BCUT2D eigenvalue weighted by Crippen LogP contribution is -2.57. The highest BCUT2D eigenvalue weighted by atomic mass is 19.4. The zero-order valence-electron chi connectivity index (χ0n) is 24.0. The number of carbonyl (C=O) groups is 2. The number of piperidine rings is 1. The molecule has 43 heavy (non-hydrogen) atoms. The minimum Gasteiger partial charge on any atom is -0.341 e. The van der Waals surface area contributed by atoms with E-state index < -0.39 is 47.9 Å². The van der Waals surface area contributed by atoms with Crippen LogP contribution in [0.1, 0.15) is 46.7 Å². The predicted molar refractivity (Wildman–Crippen MR) is 145 cm³/mol. The Kier molecular flexibility index (Phi) is 9.48. The molecule has 0 saturated carbocycles. The van der Waals surface area contributed by atoms with Crippen molar-refractivity contribution in [2.24, 2.45) is 0 Å². The van der Waals surface area contributed by atoms with E-state index in [1.54, 1.807) is 29.8 Å². The van der Waals surface area contributed by atoms with Gasteiger partial charge in [0.1, 0.15) is 5.82 Å². The molecule has 2 aromatic rings. The Balaban J connectivity index is 1.57. The predicted octanol–water partition coefficient (Wildman–Crippen LogP) is 5.89. The number of rotatable bonds is 4. The van der Waals surface area contributed by atoms with Gasteiger partial charge in [-0.25, -0.2) is 14.0 Å². The van der Waals surface area contributed by atoms with Gasteiger partial charge in [-0.05, 0) is 66.8 Å². The standard InChI is InChI=1S/C29H34F7N5O2/c1-18-12-22(30)4-5-24(18)25-16-23(39-8-10-40(11-9-39)26(42)37-2)6-7-41(25)27(43)38(3)17-19-13-20(28(31,32)33)15-21(14-19)29(34,35)36/h4-5,12-15,23,25H,6-11,16-17H2,1-3H3,(H,37,42). The third-order valence-electron chi connectivity index (χ3n) is 8.14. The fourth-order valence-electron chi connectivity index (χ4n) is 5.93. The lowest BCUT2D eigenvalue weighted by Gasteiger charge is -2.47. The van der Waals surface area contributed by atoms with Gasteiger partial charge in [0, 0.05) is 59.4 Å². The SMILES string of the molecule is CNC(=O)N1CCN(C2CCN(C(=O)N(C)Cc3cc(C(F)(F)F)cc(C(F)(F)F)c3)C(c3ccc(F)cc3C)C2)CC1. The van der Waals surface area contributed by atoms with Gasteiger partial charge in [-0.3, -0.25) is 4.90 Å². The molecule has 7 nitrogen and oxygen atoms in total. The van der Waals surface area contributed by atoms with Crippen molar-refractivity contribution in [1.82, 2.24) is 24.9 Å². The first-order valence-corrected chi connectivity index (χ1v) is 13.8. The Morgan fingerprint density at radius 1 is 0.930 bits per heavy atom. The smallest absolute Gasteiger partial charge is 0.341 e. The molecule has 0 bridgehead atoms. The number of alkyl halides is 6. The molecule has 1 N–H and O–H groups in total. The summed E-state index contributed by atoms with van der Waals surface area (Å²) in [6.07, 6.45) is -8.96. The second kappa shape index (κ2) is 12.6. The summed E-state index contributed by atoms with van der Waals surface area (Å²) in [7, 11) is 2.89. The molecule has 0 spiro atoms. The average Bonchev–Trinajstić information content (AvgIpc) is 2.95. The molecule has 0 aromatic heterocycles. The van der Waals surface area contributed by atoms with Crippen molar-refractivity contribution >= 4 is 12.1 Å². The normalized spacial score (nSPS) is 20.2. The lowest BCUT2D eigenvalue weighted by molar-refractivity contribution is -0.143. The van der Waals surface area contributed by atoms with Crippen LogP contribution in [0.4, 0.5) is 40.3 Å². The molecular formula is C29H34F7N5O2. The molecule has 2 fully saturated rings. The molecule has 0 aliphatic carbocycles. The van der Waals surface area contributed by atoms with Gasteiger partial charge in [0.05, 0.1) is 17.2 Å². The van der Waals surface area contributed by atoms with E-state index in [1.807, 2.05) is 0 Å². The van der Waals surface area contributed by atoms with E-state index in [1.165, 1.54) is 19.2 Å².